The summed E-state index contributed by atoms with van der Waals surface area (Å²) < 4.78 is 1.80. The van der Waals surface area contributed by atoms with E-state index in [4.69, 9.17) is 5.11 Å². The number of aliphatic carboxylic acids is 1. The Bertz CT molecular complexity index is 638. The average Bonchev–Trinajstić information content (AvgIpc) is 2.60. The summed E-state index contributed by atoms with van der Waals surface area (Å²) in [5, 5.41) is 9.47. The van der Waals surface area contributed by atoms with Gasteiger partial charge in [-0.1, -0.05) is 12.1 Å². The second kappa shape index (κ2) is 3.73. The first-order valence-corrected chi connectivity index (χ1v) is 5.26. The molecule has 0 saturated heterocycles. The fourth-order valence-electron chi connectivity index (χ4n) is 2.10. The molecule has 0 fully saturated rings. The number of carbonyl (C=O) groups is 2. The lowest BCUT2D eigenvalue weighted by molar-refractivity contribution is -0.131. The van der Waals surface area contributed by atoms with E-state index >= 15 is 0 Å². The summed E-state index contributed by atoms with van der Waals surface area (Å²) in [6.07, 6.45) is 1.58. The van der Waals surface area contributed by atoms with Crippen LogP contribution in [0.2, 0.25) is 0 Å². The lowest BCUT2D eigenvalue weighted by Gasteiger charge is -2.04. The number of hydrogen-bond donors (Lipinski definition) is 1. The standard InChI is InChI=1S/C13H13NO3/c1-7-4-5-9-10(12(15)13(16)17)6-14(3)11(9)8(7)2/h4-6H,1-3H3,(H,16,17). The largest absolute Gasteiger partial charge is 0.475 e. The molecule has 1 aromatic heterocycles. The topological polar surface area (TPSA) is 59.3 Å². The number of Topliss-reactive ketones (excluding diaryl/α,β-unsaturated/α-hetero) is 1. The molecular weight excluding hydrogens is 218 g/mol. The fraction of sp³-hybridized carbons (Fsp3) is 0.231. The molecule has 0 saturated carbocycles. The van der Waals surface area contributed by atoms with E-state index in [0.29, 0.717) is 5.39 Å². The molecule has 0 atom stereocenters. The minimum atomic E-state index is -1.42. The van der Waals surface area contributed by atoms with Gasteiger partial charge in [0.1, 0.15) is 0 Å². The van der Waals surface area contributed by atoms with E-state index in [-0.39, 0.29) is 5.56 Å². The molecule has 1 aromatic carbocycles. The molecule has 88 valence electrons. The molecule has 1 heterocycles. The highest BCUT2D eigenvalue weighted by Gasteiger charge is 2.20. The van der Waals surface area contributed by atoms with Gasteiger partial charge in [0, 0.05) is 18.6 Å². The highest BCUT2D eigenvalue weighted by Crippen LogP contribution is 2.26. The van der Waals surface area contributed by atoms with Crippen LogP contribution < -0.4 is 0 Å². The van der Waals surface area contributed by atoms with Crippen molar-refractivity contribution in [2.75, 3.05) is 0 Å². The van der Waals surface area contributed by atoms with Gasteiger partial charge in [0.2, 0.25) is 0 Å². The number of aryl methyl sites for hydroxylation is 3. The van der Waals surface area contributed by atoms with E-state index in [9.17, 15) is 9.59 Å². The van der Waals surface area contributed by atoms with Crippen molar-refractivity contribution in [1.29, 1.82) is 0 Å². The predicted octanol–water partition coefficient (Wildman–Crippen LogP) is 2.06. The Labute approximate surface area is 98.5 Å². The molecule has 4 nitrogen and oxygen atoms in total. The second-order valence-corrected chi connectivity index (χ2v) is 4.19. The molecule has 0 spiro atoms. The van der Waals surface area contributed by atoms with E-state index in [0.717, 1.165) is 16.6 Å². The van der Waals surface area contributed by atoms with Gasteiger partial charge in [0.05, 0.1) is 11.1 Å². The Kier molecular flexibility index (Phi) is 2.50. The molecule has 17 heavy (non-hydrogen) atoms. The van der Waals surface area contributed by atoms with E-state index in [1.807, 2.05) is 27.0 Å². The van der Waals surface area contributed by atoms with Crippen LogP contribution in [0.1, 0.15) is 21.5 Å². The number of ketones is 1. The smallest absolute Gasteiger partial charge is 0.377 e. The highest BCUT2D eigenvalue weighted by molar-refractivity contribution is 6.42. The normalized spacial score (nSPS) is 10.8. The maximum Gasteiger partial charge on any atom is 0.377 e. The zero-order valence-electron chi connectivity index (χ0n) is 9.94. The van der Waals surface area contributed by atoms with Crippen LogP contribution in [0.15, 0.2) is 18.3 Å². The highest BCUT2D eigenvalue weighted by atomic mass is 16.4. The second-order valence-electron chi connectivity index (χ2n) is 4.19. The van der Waals surface area contributed by atoms with Crippen LogP contribution in [-0.4, -0.2) is 21.4 Å². The summed E-state index contributed by atoms with van der Waals surface area (Å²) in [6, 6.07) is 3.70. The monoisotopic (exact) mass is 231 g/mol. The molecule has 0 aliphatic rings. The molecule has 0 unspecified atom stereocenters. The fourth-order valence-corrected chi connectivity index (χ4v) is 2.10. The molecule has 1 N–H and O–H groups in total. The third-order valence-electron chi connectivity index (χ3n) is 3.11. The van der Waals surface area contributed by atoms with Crippen molar-refractivity contribution >= 4 is 22.7 Å². The van der Waals surface area contributed by atoms with Crippen molar-refractivity contribution in [3.05, 3.63) is 35.0 Å². The Morgan fingerprint density at radius 2 is 1.88 bits per heavy atom. The number of fused-ring (bicyclic) bond motifs is 1. The first-order valence-electron chi connectivity index (χ1n) is 5.26. The number of carbonyl (C=O) groups excluding carboxylic acids is 1. The minimum Gasteiger partial charge on any atom is -0.475 e. The van der Waals surface area contributed by atoms with Gasteiger partial charge < -0.3 is 9.67 Å². The predicted molar refractivity (Wildman–Crippen MR) is 64.4 cm³/mol. The third kappa shape index (κ3) is 1.62. The third-order valence-corrected chi connectivity index (χ3v) is 3.11. The molecule has 0 aliphatic heterocycles. The Hall–Kier alpha value is -2.10. The van der Waals surface area contributed by atoms with Gasteiger partial charge in [-0.05, 0) is 25.0 Å². The minimum absolute atomic E-state index is 0.248. The van der Waals surface area contributed by atoms with Crippen LogP contribution in [0.25, 0.3) is 10.9 Å². The van der Waals surface area contributed by atoms with E-state index < -0.39 is 11.8 Å². The van der Waals surface area contributed by atoms with Gasteiger partial charge in [0.25, 0.3) is 5.78 Å². The first kappa shape index (κ1) is 11.4. The molecule has 4 heteroatoms. The number of aromatic nitrogens is 1. The zero-order chi connectivity index (χ0) is 12.7. The number of nitrogens with zero attached hydrogens (tertiary/aromatic N) is 1. The number of carboxylic acid groups (broad SMARTS) is 1. The summed E-state index contributed by atoms with van der Waals surface area (Å²) in [5.41, 5.74) is 3.34. The number of carboxylic acids is 1. The first-order chi connectivity index (χ1) is 7.93. The van der Waals surface area contributed by atoms with Crippen LogP contribution in [0.4, 0.5) is 0 Å². The SMILES string of the molecule is Cc1ccc2c(C(=O)C(=O)O)cn(C)c2c1C. The maximum absolute atomic E-state index is 11.6. The van der Waals surface area contributed by atoms with Crippen LogP contribution >= 0.6 is 0 Å². The van der Waals surface area contributed by atoms with E-state index in [2.05, 4.69) is 0 Å². The molecule has 0 radical (unpaired) electrons. The Morgan fingerprint density at radius 3 is 2.47 bits per heavy atom. The summed E-state index contributed by atoms with van der Waals surface area (Å²) in [5.74, 6) is -2.28. The van der Waals surface area contributed by atoms with Crippen molar-refractivity contribution in [2.45, 2.75) is 13.8 Å². The van der Waals surface area contributed by atoms with Gasteiger partial charge in [-0.15, -0.1) is 0 Å². The summed E-state index contributed by atoms with van der Waals surface area (Å²) in [4.78, 5) is 22.3. The van der Waals surface area contributed by atoms with Crippen molar-refractivity contribution in [1.82, 2.24) is 4.57 Å². The molecule has 0 aliphatic carbocycles. The van der Waals surface area contributed by atoms with E-state index in [1.54, 1.807) is 16.8 Å². The maximum atomic E-state index is 11.6. The summed E-state index contributed by atoms with van der Waals surface area (Å²) in [7, 11) is 1.81. The van der Waals surface area contributed by atoms with Crippen molar-refractivity contribution < 1.29 is 14.7 Å². The Morgan fingerprint density at radius 1 is 1.24 bits per heavy atom. The summed E-state index contributed by atoms with van der Waals surface area (Å²) >= 11 is 0. The lowest BCUT2D eigenvalue weighted by Crippen LogP contribution is -2.12. The Balaban J connectivity index is 2.82. The molecule has 0 bridgehead atoms. The van der Waals surface area contributed by atoms with Crippen LogP contribution in [0.5, 0.6) is 0 Å². The van der Waals surface area contributed by atoms with Crippen LogP contribution in [0, 0.1) is 13.8 Å². The van der Waals surface area contributed by atoms with Gasteiger partial charge in [-0.25, -0.2) is 4.79 Å². The van der Waals surface area contributed by atoms with E-state index in [1.165, 1.54) is 0 Å². The van der Waals surface area contributed by atoms with Crippen LogP contribution in [-0.2, 0) is 11.8 Å². The average molecular weight is 231 g/mol. The van der Waals surface area contributed by atoms with Crippen molar-refractivity contribution in [2.24, 2.45) is 7.05 Å². The van der Waals surface area contributed by atoms with Crippen molar-refractivity contribution in [3.63, 3.8) is 0 Å². The summed E-state index contributed by atoms with van der Waals surface area (Å²) in [6.45, 7) is 3.95. The zero-order valence-corrected chi connectivity index (χ0v) is 9.94. The van der Waals surface area contributed by atoms with Gasteiger partial charge >= 0.3 is 5.97 Å². The van der Waals surface area contributed by atoms with Gasteiger partial charge in [0.15, 0.2) is 0 Å². The molecular formula is C13H13NO3. The number of rotatable bonds is 2. The number of benzene rings is 1. The van der Waals surface area contributed by atoms with Gasteiger partial charge in [-0.2, -0.15) is 0 Å². The molecule has 0 amide bonds. The van der Waals surface area contributed by atoms with Gasteiger partial charge in [-0.3, -0.25) is 4.79 Å². The quantitative estimate of drug-likeness (QED) is 0.635. The molecule has 2 aromatic rings. The van der Waals surface area contributed by atoms with Crippen LogP contribution in [0.3, 0.4) is 0 Å². The van der Waals surface area contributed by atoms with Crippen molar-refractivity contribution in [3.8, 4) is 0 Å². The number of hydrogen-bond acceptors (Lipinski definition) is 2. The lowest BCUT2D eigenvalue weighted by atomic mass is 10.0. The molecule has 2 rings (SSSR count).